The second kappa shape index (κ2) is 6.85. The molecule has 0 unspecified atom stereocenters. The third-order valence-corrected chi connectivity index (χ3v) is 2.13. The van der Waals surface area contributed by atoms with Crippen LogP contribution in [0.1, 0.15) is 5.56 Å². The van der Waals surface area contributed by atoms with Crippen molar-refractivity contribution in [3.8, 4) is 5.75 Å². The van der Waals surface area contributed by atoms with Crippen molar-refractivity contribution in [2.45, 2.75) is 6.92 Å². The van der Waals surface area contributed by atoms with Gasteiger partial charge in [0.1, 0.15) is 11.6 Å². The quantitative estimate of drug-likeness (QED) is 0.763. The number of carbonyl (C=O) groups is 1. The van der Waals surface area contributed by atoms with E-state index in [1.165, 1.54) is 12.1 Å². The molecular formula is C12H16FNO3. The second-order valence-corrected chi connectivity index (χ2v) is 3.54. The summed E-state index contributed by atoms with van der Waals surface area (Å²) in [7, 11) is 1.56. The summed E-state index contributed by atoms with van der Waals surface area (Å²) in [5, 5.41) is 2.62. The highest BCUT2D eigenvalue weighted by Crippen LogP contribution is 2.15. The predicted octanol–water partition coefficient (Wildman–Crippen LogP) is 1.28. The standard InChI is InChI=1S/C12H16FNO3/c1-9-7-10(3-4-11(9)13)17-8-12(15)14-5-6-16-2/h3-4,7H,5-6,8H2,1-2H3,(H,14,15). The minimum absolute atomic E-state index is 0.0885. The van der Waals surface area contributed by atoms with Gasteiger partial charge in [0.25, 0.3) is 5.91 Å². The smallest absolute Gasteiger partial charge is 0.258 e. The molecule has 5 heteroatoms. The Labute approximate surface area is 99.7 Å². The zero-order chi connectivity index (χ0) is 12.7. The van der Waals surface area contributed by atoms with Crippen molar-refractivity contribution in [2.24, 2.45) is 0 Å². The Bertz CT molecular complexity index is 382. The number of benzene rings is 1. The summed E-state index contributed by atoms with van der Waals surface area (Å²) in [5.74, 6) is -0.0447. The molecule has 0 saturated heterocycles. The summed E-state index contributed by atoms with van der Waals surface area (Å²) in [4.78, 5) is 11.3. The van der Waals surface area contributed by atoms with Crippen LogP contribution < -0.4 is 10.1 Å². The first-order valence-electron chi connectivity index (χ1n) is 5.28. The van der Waals surface area contributed by atoms with Gasteiger partial charge in [-0.1, -0.05) is 0 Å². The van der Waals surface area contributed by atoms with E-state index in [0.29, 0.717) is 24.5 Å². The van der Waals surface area contributed by atoms with E-state index in [-0.39, 0.29) is 18.3 Å². The molecular weight excluding hydrogens is 225 g/mol. The molecule has 4 nitrogen and oxygen atoms in total. The number of ether oxygens (including phenoxy) is 2. The van der Waals surface area contributed by atoms with Gasteiger partial charge in [0.2, 0.25) is 0 Å². The number of nitrogens with one attached hydrogen (secondary N) is 1. The van der Waals surface area contributed by atoms with Crippen molar-refractivity contribution >= 4 is 5.91 Å². The first kappa shape index (κ1) is 13.4. The van der Waals surface area contributed by atoms with Crippen LogP contribution in [-0.2, 0) is 9.53 Å². The largest absolute Gasteiger partial charge is 0.484 e. The molecule has 1 rings (SSSR count). The molecule has 0 atom stereocenters. The maximum Gasteiger partial charge on any atom is 0.258 e. The number of aryl methyl sites for hydroxylation is 1. The Morgan fingerprint density at radius 1 is 1.47 bits per heavy atom. The molecule has 1 amide bonds. The van der Waals surface area contributed by atoms with Gasteiger partial charge in [-0.15, -0.1) is 0 Å². The predicted molar refractivity (Wildman–Crippen MR) is 61.5 cm³/mol. The van der Waals surface area contributed by atoms with Crippen LogP contribution in [-0.4, -0.2) is 32.8 Å². The molecule has 0 saturated carbocycles. The first-order chi connectivity index (χ1) is 8.13. The van der Waals surface area contributed by atoms with Crippen molar-refractivity contribution < 1.29 is 18.7 Å². The minimum atomic E-state index is -0.290. The highest BCUT2D eigenvalue weighted by Gasteiger charge is 2.03. The number of hydrogen-bond acceptors (Lipinski definition) is 3. The second-order valence-electron chi connectivity index (χ2n) is 3.54. The summed E-state index contributed by atoms with van der Waals surface area (Å²) in [6, 6.07) is 4.36. The van der Waals surface area contributed by atoms with Crippen LogP contribution in [0.2, 0.25) is 0 Å². The Morgan fingerprint density at radius 2 is 2.24 bits per heavy atom. The number of amides is 1. The normalized spacial score (nSPS) is 10.1. The Hall–Kier alpha value is -1.62. The molecule has 17 heavy (non-hydrogen) atoms. The van der Waals surface area contributed by atoms with Gasteiger partial charge in [0.05, 0.1) is 6.61 Å². The van der Waals surface area contributed by atoms with E-state index in [1.54, 1.807) is 20.1 Å². The molecule has 1 N–H and O–H groups in total. The van der Waals surface area contributed by atoms with Crippen LogP contribution in [0.5, 0.6) is 5.75 Å². The van der Waals surface area contributed by atoms with E-state index in [2.05, 4.69) is 5.32 Å². The summed E-state index contributed by atoms with van der Waals surface area (Å²) >= 11 is 0. The van der Waals surface area contributed by atoms with Crippen LogP contribution in [0.4, 0.5) is 4.39 Å². The van der Waals surface area contributed by atoms with Crippen LogP contribution in [0.3, 0.4) is 0 Å². The number of methoxy groups -OCH3 is 1. The zero-order valence-corrected chi connectivity index (χ0v) is 9.96. The molecule has 0 aliphatic heterocycles. The topological polar surface area (TPSA) is 47.6 Å². The molecule has 0 aliphatic rings. The third-order valence-electron chi connectivity index (χ3n) is 2.13. The van der Waals surface area contributed by atoms with Crippen molar-refractivity contribution in [1.29, 1.82) is 0 Å². The monoisotopic (exact) mass is 241 g/mol. The van der Waals surface area contributed by atoms with E-state index in [9.17, 15) is 9.18 Å². The fraction of sp³-hybridized carbons (Fsp3) is 0.417. The molecule has 0 fully saturated rings. The van der Waals surface area contributed by atoms with E-state index >= 15 is 0 Å². The Kier molecular flexibility index (Phi) is 5.42. The lowest BCUT2D eigenvalue weighted by Gasteiger charge is -2.07. The number of halogens is 1. The van der Waals surface area contributed by atoms with Gasteiger partial charge in [-0.3, -0.25) is 4.79 Å². The van der Waals surface area contributed by atoms with Crippen LogP contribution in [0.15, 0.2) is 18.2 Å². The highest BCUT2D eigenvalue weighted by atomic mass is 19.1. The average Bonchev–Trinajstić information content (AvgIpc) is 2.31. The van der Waals surface area contributed by atoms with E-state index in [0.717, 1.165) is 0 Å². The van der Waals surface area contributed by atoms with Crippen molar-refractivity contribution in [3.05, 3.63) is 29.6 Å². The van der Waals surface area contributed by atoms with Gasteiger partial charge >= 0.3 is 0 Å². The van der Waals surface area contributed by atoms with Crippen molar-refractivity contribution in [1.82, 2.24) is 5.32 Å². The number of carbonyl (C=O) groups excluding carboxylic acids is 1. The SMILES string of the molecule is COCCNC(=O)COc1ccc(F)c(C)c1. The van der Waals surface area contributed by atoms with Gasteiger partial charge < -0.3 is 14.8 Å². The average molecular weight is 241 g/mol. The number of hydrogen-bond donors (Lipinski definition) is 1. The van der Waals surface area contributed by atoms with Gasteiger partial charge in [-0.05, 0) is 30.7 Å². The van der Waals surface area contributed by atoms with Crippen LogP contribution in [0.25, 0.3) is 0 Å². The minimum Gasteiger partial charge on any atom is -0.484 e. The highest BCUT2D eigenvalue weighted by molar-refractivity contribution is 5.77. The van der Waals surface area contributed by atoms with Gasteiger partial charge in [0.15, 0.2) is 6.61 Å². The lowest BCUT2D eigenvalue weighted by atomic mass is 10.2. The fourth-order valence-corrected chi connectivity index (χ4v) is 1.20. The Morgan fingerprint density at radius 3 is 2.88 bits per heavy atom. The number of rotatable bonds is 6. The van der Waals surface area contributed by atoms with E-state index in [4.69, 9.17) is 9.47 Å². The van der Waals surface area contributed by atoms with Crippen molar-refractivity contribution in [3.63, 3.8) is 0 Å². The van der Waals surface area contributed by atoms with Crippen LogP contribution >= 0.6 is 0 Å². The maximum absolute atomic E-state index is 13.0. The zero-order valence-electron chi connectivity index (χ0n) is 9.96. The van der Waals surface area contributed by atoms with Gasteiger partial charge in [-0.2, -0.15) is 0 Å². The van der Waals surface area contributed by atoms with Crippen LogP contribution in [0, 0.1) is 12.7 Å². The molecule has 94 valence electrons. The van der Waals surface area contributed by atoms with Gasteiger partial charge in [0, 0.05) is 13.7 Å². The van der Waals surface area contributed by atoms with Gasteiger partial charge in [-0.25, -0.2) is 4.39 Å². The summed E-state index contributed by atoms with van der Waals surface area (Å²) in [6.45, 7) is 2.46. The maximum atomic E-state index is 13.0. The summed E-state index contributed by atoms with van der Waals surface area (Å²) < 4.78 is 23.0. The molecule has 0 heterocycles. The summed E-state index contributed by atoms with van der Waals surface area (Å²) in [5.41, 5.74) is 0.488. The third kappa shape index (κ3) is 4.82. The van der Waals surface area contributed by atoms with E-state index < -0.39 is 0 Å². The summed E-state index contributed by atoms with van der Waals surface area (Å²) in [6.07, 6.45) is 0. The van der Waals surface area contributed by atoms with E-state index in [1.807, 2.05) is 0 Å². The molecule has 1 aromatic rings. The molecule has 0 spiro atoms. The first-order valence-corrected chi connectivity index (χ1v) is 5.28. The Balaban J connectivity index is 2.34. The lowest BCUT2D eigenvalue weighted by Crippen LogP contribution is -2.31. The van der Waals surface area contributed by atoms with Crippen molar-refractivity contribution in [2.75, 3.05) is 26.9 Å². The fourth-order valence-electron chi connectivity index (χ4n) is 1.20. The molecule has 0 aliphatic carbocycles. The molecule has 0 aromatic heterocycles. The lowest BCUT2D eigenvalue weighted by molar-refractivity contribution is -0.123. The molecule has 1 aromatic carbocycles. The molecule has 0 bridgehead atoms. The molecule has 0 radical (unpaired) electrons.